The van der Waals surface area contributed by atoms with Crippen LogP contribution in [0.4, 0.5) is 0 Å². The van der Waals surface area contributed by atoms with Gasteiger partial charge in [0.2, 0.25) is 0 Å². The molecule has 0 radical (unpaired) electrons. The molecule has 0 spiro atoms. The summed E-state index contributed by atoms with van der Waals surface area (Å²) in [6, 6.07) is 1.36. The highest BCUT2D eigenvalue weighted by Gasteiger charge is 2.25. The molecule has 2 rings (SSSR count). The van der Waals surface area contributed by atoms with E-state index in [4.69, 9.17) is 4.74 Å². The fraction of sp³-hybridized carbons (Fsp3) is 1.00. The lowest BCUT2D eigenvalue weighted by Crippen LogP contribution is -2.47. The van der Waals surface area contributed by atoms with E-state index in [1.165, 1.54) is 26.1 Å². The summed E-state index contributed by atoms with van der Waals surface area (Å²) in [4.78, 5) is 2.57. The molecule has 1 N–H and O–H groups in total. The van der Waals surface area contributed by atoms with E-state index in [9.17, 15) is 0 Å². The predicted molar refractivity (Wildman–Crippen MR) is 57.4 cm³/mol. The lowest BCUT2D eigenvalue weighted by atomic mass is 10.1. The molecule has 3 heteroatoms. The molecule has 0 saturated carbocycles. The van der Waals surface area contributed by atoms with Crippen molar-refractivity contribution in [2.75, 3.05) is 32.8 Å². The second-order valence-corrected chi connectivity index (χ2v) is 4.89. The molecule has 0 aliphatic carbocycles. The Morgan fingerprint density at radius 1 is 1.43 bits per heavy atom. The van der Waals surface area contributed by atoms with Crippen LogP contribution in [0.3, 0.4) is 0 Å². The van der Waals surface area contributed by atoms with Crippen LogP contribution in [-0.2, 0) is 4.74 Å². The monoisotopic (exact) mass is 198 g/mol. The first kappa shape index (κ1) is 10.4. The topological polar surface area (TPSA) is 24.5 Å². The van der Waals surface area contributed by atoms with E-state index in [0.29, 0.717) is 12.1 Å². The zero-order chi connectivity index (χ0) is 9.97. The van der Waals surface area contributed by atoms with Crippen LogP contribution in [0.5, 0.6) is 0 Å². The minimum absolute atomic E-state index is 0.642. The molecule has 14 heavy (non-hydrogen) atoms. The Morgan fingerprint density at radius 2 is 2.21 bits per heavy atom. The third-order valence-electron chi connectivity index (χ3n) is 3.38. The molecule has 82 valence electrons. The minimum atomic E-state index is 0.642. The van der Waals surface area contributed by atoms with Crippen LogP contribution in [0, 0.1) is 5.92 Å². The van der Waals surface area contributed by atoms with E-state index in [0.717, 1.165) is 19.1 Å². The summed E-state index contributed by atoms with van der Waals surface area (Å²) < 4.78 is 5.14. The number of hydrogen-bond donors (Lipinski definition) is 1. The van der Waals surface area contributed by atoms with Gasteiger partial charge < -0.3 is 15.0 Å². The average molecular weight is 198 g/mol. The lowest BCUT2D eigenvalue weighted by molar-refractivity contribution is -0.00635. The van der Waals surface area contributed by atoms with Gasteiger partial charge in [0.15, 0.2) is 0 Å². The lowest BCUT2D eigenvalue weighted by Gasteiger charge is -2.28. The van der Waals surface area contributed by atoms with E-state index >= 15 is 0 Å². The molecular formula is C11H22N2O. The first-order chi connectivity index (χ1) is 6.75. The van der Waals surface area contributed by atoms with Gasteiger partial charge in [-0.05, 0) is 39.3 Å². The van der Waals surface area contributed by atoms with Gasteiger partial charge in [-0.3, -0.25) is 0 Å². The number of rotatable bonds is 4. The van der Waals surface area contributed by atoms with Crippen molar-refractivity contribution in [1.82, 2.24) is 10.2 Å². The number of likely N-dealkylation sites (tertiary alicyclic amines) is 1. The summed E-state index contributed by atoms with van der Waals surface area (Å²) in [5.74, 6) is 0.859. The van der Waals surface area contributed by atoms with Crippen LogP contribution in [-0.4, -0.2) is 49.8 Å². The number of ether oxygens (including phenoxy) is 1. The molecule has 3 nitrogen and oxygen atoms in total. The highest BCUT2D eigenvalue weighted by molar-refractivity contribution is 4.81. The van der Waals surface area contributed by atoms with Crippen molar-refractivity contribution in [2.45, 2.75) is 32.4 Å². The second kappa shape index (κ2) is 4.60. The van der Waals surface area contributed by atoms with E-state index < -0.39 is 0 Å². The Morgan fingerprint density at radius 3 is 2.71 bits per heavy atom. The van der Waals surface area contributed by atoms with Gasteiger partial charge >= 0.3 is 0 Å². The Hall–Kier alpha value is -0.120. The fourth-order valence-electron chi connectivity index (χ4n) is 2.19. The first-order valence-corrected chi connectivity index (χ1v) is 5.81. The van der Waals surface area contributed by atoms with Gasteiger partial charge in [-0.15, -0.1) is 0 Å². The van der Waals surface area contributed by atoms with E-state index in [1.54, 1.807) is 0 Å². The van der Waals surface area contributed by atoms with Crippen molar-refractivity contribution < 1.29 is 4.74 Å². The molecule has 1 unspecified atom stereocenters. The highest BCUT2D eigenvalue weighted by atomic mass is 16.5. The maximum atomic E-state index is 5.14. The van der Waals surface area contributed by atoms with Crippen LogP contribution in [0.2, 0.25) is 0 Å². The molecular weight excluding hydrogens is 176 g/mol. The highest BCUT2D eigenvalue weighted by Crippen LogP contribution is 2.18. The molecule has 2 aliphatic rings. The smallest absolute Gasteiger partial charge is 0.0643 e. The van der Waals surface area contributed by atoms with Gasteiger partial charge in [-0.2, -0.15) is 0 Å². The number of nitrogens with one attached hydrogen (secondary N) is 1. The van der Waals surface area contributed by atoms with E-state index in [-0.39, 0.29) is 0 Å². The van der Waals surface area contributed by atoms with Crippen LogP contribution < -0.4 is 5.32 Å². The van der Waals surface area contributed by atoms with Gasteiger partial charge in [-0.25, -0.2) is 0 Å². The standard InChI is InChI=1S/C11H22N2O/c1-9(2)13-4-3-10(6-13)5-12-11-7-14-8-11/h9-12H,3-8H2,1-2H3. The quantitative estimate of drug-likeness (QED) is 0.720. The van der Waals surface area contributed by atoms with Crippen molar-refractivity contribution in [2.24, 2.45) is 5.92 Å². The van der Waals surface area contributed by atoms with Crippen molar-refractivity contribution in [3.63, 3.8) is 0 Å². The molecule has 2 saturated heterocycles. The molecule has 2 aliphatic heterocycles. The number of nitrogens with zero attached hydrogens (tertiary/aromatic N) is 1. The average Bonchev–Trinajstić information content (AvgIpc) is 2.50. The number of hydrogen-bond acceptors (Lipinski definition) is 3. The van der Waals surface area contributed by atoms with Gasteiger partial charge in [-0.1, -0.05) is 0 Å². The Kier molecular flexibility index (Phi) is 3.42. The van der Waals surface area contributed by atoms with Gasteiger partial charge in [0, 0.05) is 12.6 Å². The minimum Gasteiger partial charge on any atom is -0.378 e. The fourth-order valence-corrected chi connectivity index (χ4v) is 2.19. The van der Waals surface area contributed by atoms with Crippen LogP contribution in [0.25, 0.3) is 0 Å². The summed E-state index contributed by atoms with van der Waals surface area (Å²) in [5.41, 5.74) is 0. The maximum Gasteiger partial charge on any atom is 0.0643 e. The predicted octanol–water partition coefficient (Wildman–Crippen LogP) is 0.705. The van der Waals surface area contributed by atoms with Crippen LogP contribution in [0.1, 0.15) is 20.3 Å². The summed E-state index contributed by atoms with van der Waals surface area (Å²) in [5, 5.41) is 3.57. The zero-order valence-corrected chi connectivity index (χ0v) is 9.33. The van der Waals surface area contributed by atoms with Crippen LogP contribution >= 0.6 is 0 Å². The summed E-state index contributed by atoms with van der Waals surface area (Å²) in [6.07, 6.45) is 1.36. The second-order valence-electron chi connectivity index (χ2n) is 4.89. The summed E-state index contributed by atoms with van der Waals surface area (Å²) >= 11 is 0. The SMILES string of the molecule is CC(C)N1CCC(CNC2COC2)C1. The van der Waals surface area contributed by atoms with Crippen molar-refractivity contribution in [3.8, 4) is 0 Å². The molecule has 2 fully saturated rings. The van der Waals surface area contributed by atoms with Gasteiger partial charge in [0.1, 0.15) is 0 Å². The normalized spacial score (nSPS) is 29.8. The first-order valence-electron chi connectivity index (χ1n) is 5.81. The van der Waals surface area contributed by atoms with Crippen LogP contribution in [0.15, 0.2) is 0 Å². The van der Waals surface area contributed by atoms with Crippen molar-refractivity contribution in [3.05, 3.63) is 0 Å². The Labute approximate surface area is 86.8 Å². The zero-order valence-electron chi connectivity index (χ0n) is 9.33. The van der Waals surface area contributed by atoms with E-state index in [2.05, 4.69) is 24.1 Å². The van der Waals surface area contributed by atoms with Gasteiger partial charge in [0.05, 0.1) is 19.3 Å². The molecule has 0 bridgehead atoms. The third kappa shape index (κ3) is 2.47. The maximum absolute atomic E-state index is 5.14. The molecule has 1 atom stereocenters. The molecule has 0 aromatic heterocycles. The van der Waals surface area contributed by atoms with Gasteiger partial charge in [0.25, 0.3) is 0 Å². The third-order valence-corrected chi connectivity index (χ3v) is 3.38. The van der Waals surface area contributed by atoms with Crippen molar-refractivity contribution in [1.29, 1.82) is 0 Å². The molecule has 0 aromatic rings. The molecule has 0 amide bonds. The summed E-state index contributed by atoms with van der Waals surface area (Å²) in [7, 11) is 0. The Balaban J connectivity index is 1.62. The largest absolute Gasteiger partial charge is 0.378 e. The van der Waals surface area contributed by atoms with E-state index in [1.807, 2.05) is 0 Å². The Bertz CT molecular complexity index is 180. The summed E-state index contributed by atoms with van der Waals surface area (Å²) in [6.45, 7) is 10.1. The van der Waals surface area contributed by atoms with Crippen molar-refractivity contribution >= 4 is 0 Å². The molecule has 0 aromatic carbocycles. The molecule has 2 heterocycles.